The fourth-order valence-corrected chi connectivity index (χ4v) is 2.68. The minimum atomic E-state index is -0.991. The lowest BCUT2D eigenvalue weighted by Gasteiger charge is -2.26. The van der Waals surface area contributed by atoms with Gasteiger partial charge in [0.05, 0.1) is 29.5 Å². The van der Waals surface area contributed by atoms with Crippen LogP contribution >= 0.6 is 15.9 Å². The molecule has 7 heteroatoms. The Bertz CT molecular complexity index is 407. The third kappa shape index (κ3) is 5.14. The van der Waals surface area contributed by atoms with Gasteiger partial charge in [0.1, 0.15) is 5.60 Å². The molecule has 6 nitrogen and oxygen atoms in total. The summed E-state index contributed by atoms with van der Waals surface area (Å²) in [7, 11) is 5.69. The largest absolute Gasteiger partial charge is 0.383 e. The van der Waals surface area contributed by atoms with Crippen LogP contribution in [0.25, 0.3) is 0 Å². The lowest BCUT2D eigenvalue weighted by Crippen LogP contribution is -2.39. The highest BCUT2D eigenvalue weighted by molar-refractivity contribution is 9.10. The Balaban J connectivity index is 2.73. The maximum atomic E-state index is 10.7. The molecule has 20 heavy (non-hydrogen) atoms. The van der Waals surface area contributed by atoms with Crippen molar-refractivity contribution >= 4 is 15.9 Å². The molecule has 0 aliphatic heterocycles. The number of rotatable bonds is 9. The normalized spacial score (nSPS) is 14.8. The topological polar surface area (TPSA) is 62.5 Å². The number of hydrogen-bond acceptors (Lipinski definition) is 5. The molecule has 1 aromatic heterocycles. The molecule has 1 aromatic rings. The van der Waals surface area contributed by atoms with Gasteiger partial charge >= 0.3 is 0 Å². The summed E-state index contributed by atoms with van der Waals surface area (Å²) in [6.45, 7) is 5.17. The van der Waals surface area contributed by atoms with Gasteiger partial charge in [-0.05, 0) is 36.9 Å². The lowest BCUT2D eigenvalue weighted by atomic mass is 10.0. The maximum absolute atomic E-state index is 10.7. The first-order valence-electron chi connectivity index (χ1n) is 6.67. The van der Waals surface area contributed by atoms with E-state index in [9.17, 15) is 5.11 Å². The Morgan fingerprint density at radius 3 is 2.85 bits per heavy atom. The van der Waals surface area contributed by atoms with Crippen molar-refractivity contribution in [3.05, 3.63) is 16.4 Å². The molecular weight excluding hydrogens is 324 g/mol. The quantitative estimate of drug-likeness (QED) is 0.641. The van der Waals surface area contributed by atoms with Crippen LogP contribution < -0.4 is 5.32 Å². The lowest BCUT2D eigenvalue weighted by molar-refractivity contribution is 0.0445. The molecule has 1 heterocycles. The number of aromatic nitrogens is 2. The highest BCUT2D eigenvalue weighted by Gasteiger charge is 2.29. The second kappa shape index (κ2) is 8.09. The van der Waals surface area contributed by atoms with Gasteiger partial charge in [-0.3, -0.25) is 4.68 Å². The standard InChI is InChI=1S/C13H25BrN4O2/c1-13(19,10-15-5-8-20-4)12-11(14)9-16-18(12)7-6-17(2)3/h9,15,19H,5-8,10H2,1-4H3. The van der Waals surface area contributed by atoms with Crippen LogP contribution in [0.15, 0.2) is 10.7 Å². The van der Waals surface area contributed by atoms with Crippen LogP contribution in [0.5, 0.6) is 0 Å². The van der Waals surface area contributed by atoms with E-state index in [1.165, 1.54) is 0 Å². The number of ether oxygens (including phenoxy) is 1. The molecular formula is C13H25BrN4O2. The van der Waals surface area contributed by atoms with Crippen molar-refractivity contribution in [2.45, 2.75) is 19.1 Å². The van der Waals surface area contributed by atoms with Gasteiger partial charge in [0.2, 0.25) is 0 Å². The molecule has 0 spiro atoms. The maximum Gasteiger partial charge on any atom is 0.117 e. The fourth-order valence-electron chi connectivity index (χ4n) is 1.95. The predicted octanol–water partition coefficient (Wildman–Crippen LogP) is 0.651. The van der Waals surface area contributed by atoms with E-state index < -0.39 is 5.60 Å². The van der Waals surface area contributed by atoms with E-state index in [0.29, 0.717) is 19.7 Å². The Hall–Kier alpha value is -0.470. The Morgan fingerprint density at radius 1 is 1.55 bits per heavy atom. The van der Waals surface area contributed by atoms with Crippen LogP contribution in [0, 0.1) is 0 Å². The summed E-state index contributed by atoms with van der Waals surface area (Å²) in [5, 5.41) is 18.2. The van der Waals surface area contributed by atoms with Crippen molar-refractivity contribution in [1.82, 2.24) is 20.0 Å². The van der Waals surface area contributed by atoms with Gasteiger partial charge in [0.25, 0.3) is 0 Å². The Kier molecular flexibility index (Phi) is 7.11. The minimum Gasteiger partial charge on any atom is -0.383 e. The first kappa shape index (κ1) is 17.6. The molecule has 2 N–H and O–H groups in total. The smallest absolute Gasteiger partial charge is 0.117 e. The molecule has 0 amide bonds. The summed E-state index contributed by atoms with van der Waals surface area (Å²) >= 11 is 3.47. The number of halogens is 1. The Labute approximate surface area is 129 Å². The second-order valence-electron chi connectivity index (χ2n) is 5.31. The van der Waals surface area contributed by atoms with E-state index in [1.54, 1.807) is 20.2 Å². The summed E-state index contributed by atoms with van der Waals surface area (Å²) in [6.07, 6.45) is 1.73. The molecule has 1 rings (SSSR count). The van der Waals surface area contributed by atoms with Crippen molar-refractivity contribution in [2.24, 2.45) is 0 Å². The number of nitrogens with one attached hydrogen (secondary N) is 1. The van der Waals surface area contributed by atoms with E-state index >= 15 is 0 Å². The molecule has 0 saturated heterocycles. The van der Waals surface area contributed by atoms with Crippen molar-refractivity contribution in [1.29, 1.82) is 0 Å². The van der Waals surface area contributed by atoms with Crippen molar-refractivity contribution in [3.8, 4) is 0 Å². The van der Waals surface area contributed by atoms with Crippen molar-refractivity contribution in [3.63, 3.8) is 0 Å². The predicted molar refractivity (Wildman–Crippen MR) is 82.8 cm³/mol. The number of hydrogen-bond donors (Lipinski definition) is 2. The van der Waals surface area contributed by atoms with E-state index in [0.717, 1.165) is 23.3 Å². The van der Waals surface area contributed by atoms with E-state index in [-0.39, 0.29) is 0 Å². The molecule has 116 valence electrons. The minimum absolute atomic E-state index is 0.447. The monoisotopic (exact) mass is 348 g/mol. The van der Waals surface area contributed by atoms with Gasteiger partial charge in [0, 0.05) is 26.7 Å². The van der Waals surface area contributed by atoms with Crippen LogP contribution in [0.2, 0.25) is 0 Å². The average molecular weight is 349 g/mol. The zero-order chi connectivity index (χ0) is 15.2. The fraction of sp³-hybridized carbons (Fsp3) is 0.769. The van der Waals surface area contributed by atoms with E-state index in [1.807, 2.05) is 18.8 Å². The number of methoxy groups -OCH3 is 1. The molecule has 0 aliphatic carbocycles. The zero-order valence-electron chi connectivity index (χ0n) is 12.7. The molecule has 0 saturated carbocycles. The SMILES string of the molecule is COCCNCC(C)(O)c1c(Br)cnn1CCN(C)C. The Morgan fingerprint density at radius 2 is 2.25 bits per heavy atom. The van der Waals surface area contributed by atoms with Gasteiger partial charge in [-0.2, -0.15) is 5.10 Å². The van der Waals surface area contributed by atoms with E-state index in [2.05, 4.69) is 31.2 Å². The second-order valence-corrected chi connectivity index (χ2v) is 6.17. The average Bonchev–Trinajstić information content (AvgIpc) is 2.74. The summed E-state index contributed by atoms with van der Waals surface area (Å²) in [5.74, 6) is 0. The molecule has 0 aromatic carbocycles. The number of nitrogens with zero attached hydrogens (tertiary/aromatic N) is 3. The highest BCUT2D eigenvalue weighted by Crippen LogP contribution is 2.27. The molecule has 0 aliphatic rings. The van der Waals surface area contributed by atoms with Gasteiger partial charge < -0.3 is 20.1 Å². The molecule has 0 fully saturated rings. The van der Waals surface area contributed by atoms with Gasteiger partial charge in [-0.15, -0.1) is 0 Å². The van der Waals surface area contributed by atoms with Crippen molar-refractivity contribution in [2.75, 3.05) is 47.4 Å². The van der Waals surface area contributed by atoms with Gasteiger partial charge in [-0.25, -0.2) is 0 Å². The number of aliphatic hydroxyl groups is 1. The molecule has 1 unspecified atom stereocenters. The summed E-state index contributed by atoms with van der Waals surface area (Å²) in [6, 6.07) is 0. The molecule has 1 atom stereocenters. The van der Waals surface area contributed by atoms with Crippen LogP contribution in [0.1, 0.15) is 12.6 Å². The number of likely N-dealkylation sites (N-methyl/N-ethyl adjacent to an activating group) is 1. The first-order chi connectivity index (χ1) is 9.38. The van der Waals surface area contributed by atoms with E-state index in [4.69, 9.17) is 4.74 Å². The van der Waals surface area contributed by atoms with Crippen LogP contribution in [0.3, 0.4) is 0 Å². The summed E-state index contributed by atoms with van der Waals surface area (Å²) < 4.78 is 7.66. The van der Waals surface area contributed by atoms with Crippen LogP contribution in [-0.2, 0) is 16.9 Å². The van der Waals surface area contributed by atoms with Crippen molar-refractivity contribution < 1.29 is 9.84 Å². The highest BCUT2D eigenvalue weighted by atomic mass is 79.9. The zero-order valence-corrected chi connectivity index (χ0v) is 14.3. The van der Waals surface area contributed by atoms with Crippen LogP contribution in [-0.4, -0.2) is 67.2 Å². The first-order valence-corrected chi connectivity index (χ1v) is 7.46. The third-order valence-electron chi connectivity index (χ3n) is 3.02. The molecule has 0 bridgehead atoms. The third-order valence-corrected chi connectivity index (χ3v) is 3.60. The molecule has 0 radical (unpaired) electrons. The summed E-state index contributed by atoms with van der Waals surface area (Å²) in [5.41, 5.74) is -0.195. The van der Waals surface area contributed by atoms with Gasteiger partial charge in [-0.1, -0.05) is 0 Å². The van der Waals surface area contributed by atoms with Crippen LogP contribution in [0.4, 0.5) is 0 Å². The van der Waals surface area contributed by atoms with Gasteiger partial charge in [0.15, 0.2) is 0 Å². The summed E-state index contributed by atoms with van der Waals surface area (Å²) in [4.78, 5) is 2.09.